The summed E-state index contributed by atoms with van der Waals surface area (Å²) in [5.74, 6) is 2.17. The number of ketones is 1. The van der Waals surface area contributed by atoms with Crippen molar-refractivity contribution in [3.05, 3.63) is 35.7 Å². The van der Waals surface area contributed by atoms with E-state index in [1.54, 1.807) is 4.90 Å². The van der Waals surface area contributed by atoms with Gasteiger partial charge < -0.3 is 9.47 Å². The number of carbonyl (C=O) groups is 2. The van der Waals surface area contributed by atoms with Gasteiger partial charge in [0.25, 0.3) is 0 Å². The summed E-state index contributed by atoms with van der Waals surface area (Å²) in [4.78, 5) is 26.1. The van der Waals surface area contributed by atoms with Crippen molar-refractivity contribution in [1.29, 1.82) is 0 Å². The summed E-state index contributed by atoms with van der Waals surface area (Å²) in [6.45, 7) is 3.67. The number of Topliss-reactive ketones (excluding diaryl/α,β-unsaturated/α-hetero) is 1. The molecule has 0 spiro atoms. The second kappa shape index (κ2) is 7.23. The van der Waals surface area contributed by atoms with Crippen molar-refractivity contribution >= 4 is 29.1 Å². The van der Waals surface area contributed by atoms with E-state index in [2.05, 4.69) is 21.7 Å². The largest absolute Gasteiger partial charge is 0.312 e. The number of hydrogen-bond donors (Lipinski definition) is 0. The van der Waals surface area contributed by atoms with Gasteiger partial charge in [-0.2, -0.15) is 0 Å². The zero-order valence-electron chi connectivity index (χ0n) is 14.9. The van der Waals surface area contributed by atoms with E-state index in [0.717, 1.165) is 36.2 Å². The number of aromatic nitrogens is 3. The second-order valence-corrected chi connectivity index (χ2v) is 7.71. The maximum atomic E-state index is 12.5. The highest BCUT2D eigenvalue weighted by Gasteiger charge is 2.30. The summed E-state index contributed by atoms with van der Waals surface area (Å²) < 4.78 is 2.12. The van der Waals surface area contributed by atoms with Crippen LogP contribution >= 0.6 is 11.8 Å². The highest BCUT2D eigenvalue weighted by molar-refractivity contribution is 7.99. The van der Waals surface area contributed by atoms with Crippen molar-refractivity contribution in [1.82, 2.24) is 14.8 Å². The van der Waals surface area contributed by atoms with Gasteiger partial charge in [0.2, 0.25) is 5.91 Å². The Kier molecular flexibility index (Phi) is 4.80. The Hall–Kier alpha value is -2.15. The van der Waals surface area contributed by atoms with Gasteiger partial charge in [0, 0.05) is 36.7 Å². The Morgan fingerprint density at radius 1 is 1.23 bits per heavy atom. The minimum absolute atomic E-state index is 0.0629. The molecule has 26 heavy (non-hydrogen) atoms. The predicted octanol–water partition coefficient (Wildman–Crippen LogP) is 3.28. The van der Waals surface area contributed by atoms with E-state index in [4.69, 9.17) is 0 Å². The van der Waals surface area contributed by atoms with Crippen LogP contribution in [-0.4, -0.2) is 38.8 Å². The summed E-state index contributed by atoms with van der Waals surface area (Å²) in [5.41, 5.74) is 1.54. The van der Waals surface area contributed by atoms with E-state index in [1.165, 1.54) is 24.6 Å². The Bertz CT molecular complexity index is 827. The molecule has 2 heterocycles. The van der Waals surface area contributed by atoms with Crippen LogP contribution in [0.3, 0.4) is 0 Å². The zero-order chi connectivity index (χ0) is 18.1. The third-order valence-electron chi connectivity index (χ3n) is 4.91. The Morgan fingerprint density at radius 2 is 2.00 bits per heavy atom. The topological polar surface area (TPSA) is 68.1 Å². The normalized spacial score (nSPS) is 17.1. The lowest BCUT2D eigenvalue weighted by molar-refractivity contribution is -0.117. The van der Waals surface area contributed by atoms with Crippen molar-refractivity contribution in [2.75, 3.05) is 17.2 Å². The summed E-state index contributed by atoms with van der Waals surface area (Å²) in [6, 6.07) is 7.34. The lowest BCUT2D eigenvalue weighted by Crippen LogP contribution is -2.23. The zero-order valence-corrected chi connectivity index (χ0v) is 15.7. The molecular formula is C19H22N4O2S. The fraction of sp³-hybridized carbons (Fsp3) is 0.474. The van der Waals surface area contributed by atoms with Crippen molar-refractivity contribution < 1.29 is 9.59 Å². The van der Waals surface area contributed by atoms with Gasteiger partial charge in [-0.1, -0.05) is 11.8 Å². The van der Waals surface area contributed by atoms with Gasteiger partial charge in [0.1, 0.15) is 5.82 Å². The van der Waals surface area contributed by atoms with Gasteiger partial charge in [0.15, 0.2) is 10.9 Å². The third kappa shape index (κ3) is 3.40. The molecule has 0 bridgehead atoms. The monoisotopic (exact) mass is 370 g/mol. The quantitative estimate of drug-likeness (QED) is 0.553. The molecule has 1 aromatic carbocycles. The molecule has 1 saturated carbocycles. The maximum absolute atomic E-state index is 12.5. The molecule has 6 nitrogen and oxygen atoms in total. The molecular weight excluding hydrogens is 348 g/mol. The van der Waals surface area contributed by atoms with Gasteiger partial charge in [0.05, 0.1) is 5.75 Å². The number of benzene rings is 1. The summed E-state index contributed by atoms with van der Waals surface area (Å²) >= 11 is 1.45. The summed E-state index contributed by atoms with van der Waals surface area (Å²) in [7, 11) is 0. The maximum Gasteiger partial charge on any atom is 0.227 e. The number of carbonyl (C=O) groups excluding carboxylic acids is 2. The first kappa shape index (κ1) is 17.3. The van der Waals surface area contributed by atoms with Gasteiger partial charge in [-0.3, -0.25) is 9.59 Å². The first-order chi connectivity index (χ1) is 12.7. The van der Waals surface area contributed by atoms with Crippen LogP contribution in [0, 0.1) is 0 Å². The minimum atomic E-state index is 0.0629. The highest BCUT2D eigenvalue weighted by atomic mass is 32.2. The van der Waals surface area contributed by atoms with E-state index in [-0.39, 0.29) is 11.7 Å². The molecule has 0 atom stereocenters. The number of rotatable bonds is 7. The molecule has 1 saturated heterocycles. The van der Waals surface area contributed by atoms with Gasteiger partial charge in [-0.15, -0.1) is 10.2 Å². The third-order valence-corrected chi connectivity index (χ3v) is 5.88. The molecule has 2 aliphatic rings. The molecule has 2 fully saturated rings. The van der Waals surface area contributed by atoms with Gasteiger partial charge in [-0.05, 0) is 50.5 Å². The van der Waals surface area contributed by atoms with Gasteiger partial charge in [-0.25, -0.2) is 0 Å². The van der Waals surface area contributed by atoms with E-state index in [0.29, 0.717) is 23.7 Å². The molecule has 2 aromatic rings. The van der Waals surface area contributed by atoms with Crippen molar-refractivity contribution in [3.8, 4) is 0 Å². The summed E-state index contributed by atoms with van der Waals surface area (Å²) in [6.07, 6.45) is 3.89. The molecule has 1 aromatic heterocycles. The fourth-order valence-electron chi connectivity index (χ4n) is 3.31. The van der Waals surface area contributed by atoms with Crippen LogP contribution in [-0.2, 0) is 11.3 Å². The van der Waals surface area contributed by atoms with E-state index < -0.39 is 0 Å². The molecule has 136 valence electrons. The SMILES string of the molecule is CCn1c(SCC(=O)c2ccc(N3CCCC3=O)cc2)nnc1C1CC1. The van der Waals surface area contributed by atoms with E-state index >= 15 is 0 Å². The average Bonchev–Trinajstić information content (AvgIpc) is 3.28. The minimum Gasteiger partial charge on any atom is -0.312 e. The molecule has 7 heteroatoms. The van der Waals surface area contributed by atoms with Gasteiger partial charge >= 0.3 is 0 Å². The Morgan fingerprint density at radius 3 is 2.62 bits per heavy atom. The van der Waals surface area contributed by atoms with Crippen molar-refractivity contribution in [2.45, 2.75) is 50.2 Å². The van der Waals surface area contributed by atoms with Crippen LogP contribution in [0.15, 0.2) is 29.4 Å². The van der Waals surface area contributed by atoms with Crippen LogP contribution in [0.5, 0.6) is 0 Å². The second-order valence-electron chi connectivity index (χ2n) is 6.77. The molecule has 1 amide bonds. The molecule has 0 unspecified atom stereocenters. The van der Waals surface area contributed by atoms with Crippen LogP contribution in [0.25, 0.3) is 0 Å². The van der Waals surface area contributed by atoms with E-state index in [9.17, 15) is 9.59 Å². The number of nitrogens with zero attached hydrogens (tertiary/aromatic N) is 4. The number of hydrogen-bond acceptors (Lipinski definition) is 5. The number of anilines is 1. The van der Waals surface area contributed by atoms with Crippen molar-refractivity contribution in [3.63, 3.8) is 0 Å². The van der Waals surface area contributed by atoms with Crippen molar-refractivity contribution in [2.24, 2.45) is 0 Å². The first-order valence-corrected chi connectivity index (χ1v) is 10.2. The number of thioether (sulfide) groups is 1. The van der Waals surface area contributed by atoms with Crippen LogP contribution < -0.4 is 4.90 Å². The smallest absolute Gasteiger partial charge is 0.227 e. The number of amides is 1. The molecule has 1 aliphatic heterocycles. The standard InChI is InChI=1S/C19H22N4O2S/c1-2-22-18(14-5-6-14)20-21-19(22)26-12-16(24)13-7-9-15(10-8-13)23-11-3-4-17(23)25/h7-10,14H,2-6,11-12H2,1H3. The first-order valence-electron chi connectivity index (χ1n) is 9.17. The highest BCUT2D eigenvalue weighted by Crippen LogP contribution is 2.40. The lowest BCUT2D eigenvalue weighted by atomic mass is 10.1. The molecule has 4 rings (SSSR count). The molecule has 0 N–H and O–H groups in total. The molecule has 0 radical (unpaired) electrons. The average molecular weight is 370 g/mol. The lowest BCUT2D eigenvalue weighted by Gasteiger charge is -2.15. The van der Waals surface area contributed by atoms with E-state index in [1.807, 2.05) is 24.3 Å². The Balaban J connectivity index is 1.40. The Labute approximate surface area is 157 Å². The molecule has 1 aliphatic carbocycles. The van der Waals surface area contributed by atoms with Crippen LogP contribution in [0.2, 0.25) is 0 Å². The summed E-state index contributed by atoms with van der Waals surface area (Å²) in [5, 5.41) is 9.40. The predicted molar refractivity (Wildman–Crippen MR) is 101 cm³/mol. The van der Waals surface area contributed by atoms with Crippen LogP contribution in [0.1, 0.15) is 54.7 Å². The van der Waals surface area contributed by atoms with Crippen LogP contribution in [0.4, 0.5) is 5.69 Å². The fourth-order valence-corrected chi connectivity index (χ4v) is 4.21.